The summed E-state index contributed by atoms with van der Waals surface area (Å²) in [6.07, 6.45) is 2.26. The lowest BCUT2D eigenvalue weighted by molar-refractivity contribution is 0.116. The van der Waals surface area contributed by atoms with Crippen molar-refractivity contribution in [3.05, 3.63) is 41.1 Å². The highest BCUT2D eigenvalue weighted by molar-refractivity contribution is 7.92. The summed E-state index contributed by atoms with van der Waals surface area (Å²) in [5.74, 6) is -0.536. The highest BCUT2D eigenvalue weighted by Crippen LogP contribution is 2.40. The second kappa shape index (κ2) is 7.75. The Morgan fingerprint density at radius 1 is 1.31 bits per heavy atom. The molecule has 0 spiro atoms. The van der Waals surface area contributed by atoms with Crippen molar-refractivity contribution in [3.63, 3.8) is 0 Å². The maximum atomic E-state index is 12.7. The van der Waals surface area contributed by atoms with Crippen LogP contribution in [-0.2, 0) is 16.6 Å². The van der Waals surface area contributed by atoms with E-state index in [0.29, 0.717) is 21.5 Å². The standard InChI is InChI=1S/C17H17F2N5O3S2/c1-2-29(25,26)24(11-5-6-20-12(7-11)10-3-4-10)9-14-21-8-13(28-14)16-22-23-17(27-16)15(18)19/h5-8,10,15H,2-4,9H2,1H3. The van der Waals surface area contributed by atoms with Crippen molar-refractivity contribution >= 4 is 27.0 Å². The fraction of sp³-hybridized carbons (Fsp3) is 0.412. The Balaban J connectivity index is 1.61. The van der Waals surface area contributed by atoms with Gasteiger partial charge in [0.1, 0.15) is 9.88 Å². The summed E-state index contributed by atoms with van der Waals surface area (Å²) in [6.45, 7) is 1.58. The minimum absolute atomic E-state index is 0.00476. The summed E-state index contributed by atoms with van der Waals surface area (Å²) in [5, 5.41) is 7.36. The van der Waals surface area contributed by atoms with Crippen molar-refractivity contribution in [2.75, 3.05) is 10.1 Å². The van der Waals surface area contributed by atoms with E-state index in [2.05, 4.69) is 20.2 Å². The smallest absolute Gasteiger partial charge is 0.314 e. The van der Waals surface area contributed by atoms with Crippen LogP contribution in [0.25, 0.3) is 10.8 Å². The molecule has 154 valence electrons. The lowest BCUT2D eigenvalue weighted by Crippen LogP contribution is -2.32. The van der Waals surface area contributed by atoms with Crippen molar-refractivity contribution in [1.29, 1.82) is 0 Å². The first-order valence-corrected chi connectivity index (χ1v) is 11.3. The summed E-state index contributed by atoms with van der Waals surface area (Å²) >= 11 is 1.11. The molecule has 12 heteroatoms. The van der Waals surface area contributed by atoms with E-state index in [1.165, 1.54) is 10.5 Å². The van der Waals surface area contributed by atoms with Gasteiger partial charge in [0.05, 0.1) is 24.2 Å². The SMILES string of the molecule is CCS(=O)(=O)N(Cc1ncc(-c2nnc(C(F)F)o2)s1)c1ccnc(C2CC2)c1. The Morgan fingerprint density at radius 2 is 2.10 bits per heavy atom. The molecule has 0 aliphatic heterocycles. The second-order valence-corrected chi connectivity index (χ2v) is 9.78. The monoisotopic (exact) mass is 441 g/mol. The van der Waals surface area contributed by atoms with Crippen molar-refractivity contribution in [2.24, 2.45) is 0 Å². The van der Waals surface area contributed by atoms with E-state index in [9.17, 15) is 17.2 Å². The zero-order valence-corrected chi connectivity index (χ0v) is 17.0. The molecule has 3 aromatic heterocycles. The van der Waals surface area contributed by atoms with Crippen molar-refractivity contribution in [1.82, 2.24) is 20.2 Å². The van der Waals surface area contributed by atoms with Crippen molar-refractivity contribution in [3.8, 4) is 10.8 Å². The summed E-state index contributed by atoms with van der Waals surface area (Å²) in [4.78, 5) is 8.94. The molecule has 1 aliphatic carbocycles. The van der Waals surface area contributed by atoms with Crippen LogP contribution in [-0.4, -0.2) is 34.3 Å². The predicted octanol–water partition coefficient (Wildman–Crippen LogP) is 3.76. The highest BCUT2D eigenvalue weighted by atomic mass is 32.2. The molecule has 0 bridgehead atoms. The van der Waals surface area contributed by atoms with Gasteiger partial charge in [0.25, 0.3) is 11.8 Å². The molecule has 1 saturated carbocycles. The summed E-state index contributed by atoms with van der Waals surface area (Å²) in [7, 11) is -3.57. The lowest BCUT2D eigenvalue weighted by Gasteiger charge is -2.23. The van der Waals surface area contributed by atoms with E-state index in [1.54, 1.807) is 25.3 Å². The van der Waals surface area contributed by atoms with Gasteiger partial charge < -0.3 is 4.42 Å². The molecule has 1 aliphatic rings. The molecule has 8 nitrogen and oxygen atoms in total. The minimum Gasteiger partial charge on any atom is -0.414 e. The van der Waals surface area contributed by atoms with Gasteiger partial charge in [0.2, 0.25) is 10.0 Å². The fourth-order valence-corrected chi connectivity index (χ4v) is 4.70. The molecule has 0 N–H and O–H groups in total. The number of alkyl halides is 2. The van der Waals surface area contributed by atoms with Gasteiger partial charge in [-0.2, -0.15) is 8.78 Å². The summed E-state index contributed by atoms with van der Waals surface area (Å²) in [5.41, 5.74) is 1.40. The number of anilines is 1. The minimum atomic E-state index is -3.57. The maximum absolute atomic E-state index is 12.7. The number of hydrogen-bond donors (Lipinski definition) is 0. The van der Waals surface area contributed by atoms with Crippen LogP contribution in [0, 0.1) is 0 Å². The number of sulfonamides is 1. The van der Waals surface area contributed by atoms with E-state index in [4.69, 9.17) is 4.42 Å². The first kappa shape index (κ1) is 19.8. The molecule has 0 unspecified atom stereocenters. The first-order chi connectivity index (χ1) is 13.9. The van der Waals surface area contributed by atoms with Gasteiger partial charge in [-0.3, -0.25) is 9.29 Å². The Hall–Kier alpha value is -2.47. The normalized spacial score (nSPS) is 14.5. The van der Waals surface area contributed by atoms with Crippen LogP contribution < -0.4 is 4.31 Å². The molecular formula is C17H17F2N5O3S2. The maximum Gasteiger partial charge on any atom is 0.314 e. The van der Waals surface area contributed by atoms with Crippen LogP contribution in [0.4, 0.5) is 14.5 Å². The van der Waals surface area contributed by atoms with Crippen LogP contribution in [0.5, 0.6) is 0 Å². The second-order valence-electron chi connectivity index (χ2n) is 6.48. The number of hydrogen-bond acceptors (Lipinski definition) is 8. The molecule has 0 radical (unpaired) electrons. The Morgan fingerprint density at radius 3 is 2.76 bits per heavy atom. The molecule has 1 fully saturated rings. The summed E-state index contributed by atoms with van der Waals surface area (Å²) < 4.78 is 56.9. The van der Waals surface area contributed by atoms with Crippen LogP contribution >= 0.6 is 11.3 Å². The predicted molar refractivity (Wildman–Crippen MR) is 102 cm³/mol. The van der Waals surface area contributed by atoms with E-state index in [0.717, 1.165) is 29.9 Å². The Bertz CT molecular complexity index is 1110. The number of pyridine rings is 1. The molecule has 29 heavy (non-hydrogen) atoms. The van der Waals surface area contributed by atoms with Gasteiger partial charge in [-0.1, -0.05) is 0 Å². The van der Waals surface area contributed by atoms with Crippen LogP contribution in [0.1, 0.15) is 48.7 Å². The lowest BCUT2D eigenvalue weighted by atomic mass is 10.2. The molecule has 0 aromatic carbocycles. The summed E-state index contributed by atoms with van der Waals surface area (Å²) in [6, 6.07) is 3.45. The van der Waals surface area contributed by atoms with E-state index >= 15 is 0 Å². The van der Waals surface area contributed by atoms with E-state index in [1.807, 2.05) is 0 Å². The largest absolute Gasteiger partial charge is 0.414 e. The average molecular weight is 441 g/mol. The third-order valence-corrected chi connectivity index (χ3v) is 7.13. The zero-order valence-electron chi connectivity index (χ0n) is 15.3. The molecule has 3 heterocycles. The molecule has 0 amide bonds. The zero-order chi connectivity index (χ0) is 20.6. The average Bonchev–Trinajstić information content (AvgIpc) is 3.25. The Kier molecular flexibility index (Phi) is 5.30. The third-order valence-electron chi connectivity index (χ3n) is 4.42. The molecule has 0 saturated heterocycles. The number of thiazole rings is 1. The van der Waals surface area contributed by atoms with Gasteiger partial charge in [-0.05, 0) is 31.9 Å². The van der Waals surface area contributed by atoms with Gasteiger partial charge in [-0.25, -0.2) is 13.4 Å². The molecule has 3 aromatic rings. The number of nitrogens with zero attached hydrogens (tertiary/aromatic N) is 5. The quantitative estimate of drug-likeness (QED) is 0.524. The topological polar surface area (TPSA) is 102 Å². The van der Waals surface area contributed by atoms with E-state index in [-0.39, 0.29) is 18.2 Å². The van der Waals surface area contributed by atoms with Crippen molar-refractivity contribution in [2.45, 2.75) is 38.7 Å². The molecule has 0 atom stereocenters. The van der Waals surface area contributed by atoms with Gasteiger partial charge in [0.15, 0.2) is 0 Å². The van der Waals surface area contributed by atoms with Crippen LogP contribution in [0.3, 0.4) is 0 Å². The van der Waals surface area contributed by atoms with Gasteiger partial charge in [0, 0.05) is 17.8 Å². The van der Waals surface area contributed by atoms with E-state index < -0.39 is 22.3 Å². The Labute approximate surface area is 169 Å². The fourth-order valence-electron chi connectivity index (χ4n) is 2.73. The van der Waals surface area contributed by atoms with Crippen LogP contribution in [0.15, 0.2) is 28.9 Å². The number of aromatic nitrogens is 4. The van der Waals surface area contributed by atoms with Crippen molar-refractivity contribution < 1.29 is 21.6 Å². The molecular weight excluding hydrogens is 424 g/mol. The van der Waals surface area contributed by atoms with Gasteiger partial charge in [-0.15, -0.1) is 21.5 Å². The number of halogens is 2. The highest BCUT2D eigenvalue weighted by Gasteiger charge is 2.28. The van der Waals surface area contributed by atoms with Crippen LogP contribution in [0.2, 0.25) is 0 Å². The third kappa shape index (κ3) is 4.27. The van der Waals surface area contributed by atoms with Gasteiger partial charge >= 0.3 is 6.43 Å². The number of rotatable bonds is 8. The first-order valence-electron chi connectivity index (χ1n) is 8.90. The molecule has 4 rings (SSSR count).